The summed E-state index contributed by atoms with van der Waals surface area (Å²) in [6.45, 7) is 0.421. The van der Waals surface area contributed by atoms with Gasteiger partial charge >= 0.3 is 0 Å². The number of hydrogen-bond donors (Lipinski definition) is 1. The van der Waals surface area contributed by atoms with Crippen LogP contribution in [0.3, 0.4) is 0 Å². The molecular formula is C10H12ClNO. The maximum Gasteiger partial charge on any atom is 0.0930 e. The molecule has 0 amide bonds. The number of rotatable bonds is 3. The first-order chi connectivity index (χ1) is 6.31. The summed E-state index contributed by atoms with van der Waals surface area (Å²) in [6.07, 6.45) is 2.54. The number of hydrogen-bond acceptors (Lipinski definition) is 2. The summed E-state index contributed by atoms with van der Waals surface area (Å²) in [5.41, 5.74) is 2.29. The fourth-order valence-electron chi connectivity index (χ4n) is 1.48. The Bertz CT molecular complexity index is 310. The molecule has 1 aliphatic carbocycles. The summed E-state index contributed by atoms with van der Waals surface area (Å²) in [5, 5.41) is 0.844. The van der Waals surface area contributed by atoms with Crippen molar-refractivity contribution in [3.05, 3.63) is 34.3 Å². The van der Waals surface area contributed by atoms with Crippen molar-refractivity contribution in [2.45, 2.75) is 25.4 Å². The summed E-state index contributed by atoms with van der Waals surface area (Å²) in [5.74, 6) is 5.67. The molecule has 2 rings (SSSR count). The fourth-order valence-corrected chi connectivity index (χ4v) is 1.84. The van der Waals surface area contributed by atoms with Crippen LogP contribution < -0.4 is 5.90 Å². The molecule has 13 heavy (non-hydrogen) atoms. The summed E-state index contributed by atoms with van der Waals surface area (Å²) < 4.78 is 0. The third-order valence-corrected chi connectivity index (χ3v) is 2.66. The van der Waals surface area contributed by atoms with Crippen LogP contribution in [0, 0.1) is 0 Å². The van der Waals surface area contributed by atoms with Gasteiger partial charge in [0.1, 0.15) is 0 Å². The Kier molecular flexibility index (Phi) is 2.54. The van der Waals surface area contributed by atoms with Gasteiger partial charge in [0.15, 0.2) is 0 Å². The lowest BCUT2D eigenvalue weighted by atomic mass is 10.1. The third kappa shape index (κ3) is 2.02. The molecule has 2 N–H and O–H groups in total. The van der Waals surface area contributed by atoms with Crippen molar-refractivity contribution in [3.8, 4) is 0 Å². The molecule has 70 valence electrons. The van der Waals surface area contributed by atoms with E-state index in [1.807, 2.05) is 12.1 Å². The van der Waals surface area contributed by atoms with Crippen molar-refractivity contribution in [2.24, 2.45) is 5.90 Å². The van der Waals surface area contributed by atoms with Crippen LogP contribution in [0.15, 0.2) is 18.2 Å². The van der Waals surface area contributed by atoms with Crippen LogP contribution in [-0.2, 0) is 11.4 Å². The van der Waals surface area contributed by atoms with E-state index >= 15 is 0 Å². The van der Waals surface area contributed by atoms with Crippen molar-refractivity contribution < 1.29 is 4.84 Å². The summed E-state index contributed by atoms with van der Waals surface area (Å²) in [7, 11) is 0. The van der Waals surface area contributed by atoms with E-state index in [1.54, 1.807) is 0 Å². The molecule has 1 saturated carbocycles. The Morgan fingerprint density at radius 2 is 2.23 bits per heavy atom. The molecule has 1 aromatic carbocycles. The number of nitrogens with two attached hydrogens (primary N) is 1. The second-order valence-electron chi connectivity index (χ2n) is 3.44. The molecule has 0 aliphatic heterocycles. The molecule has 1 aromatic rings. The highest BCUT2D eigenvalue weighted by molar-refractivity contribution is 6.31. The lowest BCUT2D eigenvalue weighted by molar-refractivity contribution is 0.124. The quantitative estimate of drug-likeness (QED) is 0.757. The average molecular weight is 198 g/mol. The molecule has 0 bridgehead atoms. The van der Waals surface area contributed by atoms with Crippen molar-refractivity contribution >= 4 is 11.6 Å². The maximum absolute atomic E-state index is 6.10. The Labute approximate surface area is 82.6 Å². The molecule has 0 unspecified atom stereocenters. The SMILES string of the molecule is NOCc1ccc(C2CC2)c(Cl)c1. The minimum atomic E-state index is 0.421. The average Bonchev–Trinajstić information content (AvgIpc) is 2.88. The Hall–Kier alpha value is -0.570. The molecule has 0 saturated heterocycles. The highest BCUT2D eigenvalue weighted by atomic mass is 35.5. The zero-order chi connectivity index (χ0) is 9.26. The van der Waals surface area contributed by atoms with Crippen LogP contribution >= 0.6 is 11.6 Å². The largest absolute Gasteiger partial charge is 0.300 e. The summed E-state index contributed by atoms with van der Waals surface area (Å²) in [6, 6.07) is 6.03. The van der Waals surface area contributed by atoms with Gasteiger partial charge in [-0.3, -0.25) is 4.84 Å². The van der Waals surface area contributed by atoms with Crippen LogP contribution in [0.4, 0.5) is 0 Å². The fraction of sp³-hybridized carbons (Fsp3) is 0.400. The first-order valence-electron chi connectivity index (χ1n) is 4.41. The minimum absolute atomic E-state index is 0.421. The molecule has 2 nitrogen and oxygen atoms in total. The van der Waals surface area contributed by atoms with Crippen molar-refractivity contribution in [1.82, 2.24) is 0 Å². The lowest BCUT2D eigenvalue weighted by Gasteiger charge is -2.04. The van der Waals surface area contributed by atoms with Gasteiger partial charge in [0, 0.05) is 5.02 Å². The van der Waals surface area contributed by atoms with Crippen LogP contribution in [0.2, 0.25) is 5.02 Å². The van der Waals surface area contributed by atoms with Gasteiger partial charge < -0.3 is 0 Å². The topological polar surface area (TPSA) is 35.2 Å². The van der Waals surface area contributed by atoms with Crippen molar-refractivity contribution in [2.75, 3.05) is 0 Å². The maximum atomic E-state index is 6.10. The van der Waals surface area contributed by atoms with Gasteiger partial charge in [0.2, 0.25) is 0 Å². The van der Waals surface area contributed by atoms with E-state index in [-0.39, 0.29) is 0 Å². The van der Waals surface area contributed by atoms with Gasteiger partial charge in [-0.15, -0.1) is 0 Å². The van der Waals surface area contributed by atoms with Crippen LogP contribution in [0.25, 0.3) is 0 Å². The van der Waals surface area contributed by atoms with Crippen molar-refractivity contribution in [3.63, 3.8) is 0 Å². The Balaban J connectivity index is 2.21. The van der Waals surface area contributed by atoms with Gasteiger partial charge in [-0.05, 0) is 36.0 Å². The van der Waals surface area contributed by atoms with E-state index in [1.165, 1.54) is 18.4 Å². The van der Waals surface area contributed by atoms with E-state index in [9.17, 15) is 0 Å². The van der Waals surface area contributed by atoms with Gasteiger partial charge in [-0.25, -0.2) is 5.90 Å². The minimum Gasteiger partial charge on any atom is -0.300 e. The normalized spacial score (nSPS) is 16.2. The number of halogens is 1. The van der Waals surface area contributed by atoms with E-state index in [0.29, 0.717) is 12.5 Å². The third-order valence-electron chi connectivity index (χ3n) is 2.33. The molecule has 1 fully saturated rings. The molecular weight excluding hydrogens is 186 g/mol. The second kappa shape index (κ2) is 3.66. The Morgan fingerprint density at radius 3 is 2.77 bits per heavy atom. The van der Waals surface area contributed by atoms with Gasteiger partial charge in [-0.2, -0.15) is 0 Å². The van der Waals surface area contributed by atoms with Gasteiger partial charge in [-0.1, -0.05) is 23.7 Å². The number of benzene rings is 1. The highest BCUT2D eigenvalue weighted by Crippen LogP contribution is 2.43. The van der Waals surface area contributed by atoms with Crippen LogP contribution in [-0.4, -0.2) is 0 Å². The molecule has 0 radical (unpaired) electrons. The lowest BCUT2D eigenvalue weighted by Crippen LogP contribution is -1.99. The Morgan fingerprint density at radius 1 is 1.46 bits per heavy atom. The monoisotopic (exact) mass is 197 g/mol. The first kappa shape index (κ1) is 9.00. The standard InChI is InChI=1S/C10H12ClNO/c11-10-5-7(6-13-12)1-4-9(10)8-2-3-8/h1,4-5,8H,2-3,6,12H2. The zero-order valence-electron chi connectivity index (χ0n) is 7.29. The van der Waals surface area contributed by atoms with Crippen LogP contribution in [0.5, 0.6) is 0 Å². The predicted octanol–water partition coefficient (Wildman–Crippen LogP) is 2.61. The molecule has 3 heteroatoms. The molecule has 0 aromatic heterocycles. The second-order valence-corrected chi connectivity index (χ2v) is 3.85. The predicted molar refractivity (Wildman–Crippen MR) is 52.4 cm³/mol. The van der Waals surface area contributed by atoms with E-state index in [4.69, 9.17) is 17.5 Å². The van der Waals surface area contributed by atoms with Gasteiger partial charge in [0.05, 0.1) is 6.61 Å². The molecule has 0 spiro atoms. The summed E-state index contributed by atoms with van der Waals surface area (Å²) >= 11 is 6.10. The molecule has 0 heterocycles. The van der Waals surface area contributed by atoms with Crippen molar-refractivity contribution in [1.29, 1.82) is 0 Å². The zero-order valence-corrected chi connectivity index (χ0v) is 8.05. The highest BCUT2D eigenvalue weighted by Gasteiger charge is 2.25. The smallest absolute Gasteiger partial charge is 0.0930 e. The first-order valence-corrected chi connectivity index (χ1v) is 4.79. The summed E-state index contributed by atoms with van der Waals surface area (Å²) in [4.78, 5) is 4.54. The molecule has 0 atom stereocenters. The van der Waals surface area contributed by atoms with Crippen LogP contribution in [0.1, 0.15) is 29.9 Å². The van der Waals surface area contributed by atoms with Gasteiger partial charge in [0.25, 0.3) is 0 Å². The molecule has 1 aliphatic rings. The van der Waals surface area contributed by atoms with E-state index in [0.717, 1.165) is 10.6 Å². The van der Waals surface area contributed by atoms with E-state index < -0.39 is 0 Å². The van der Waals surface area contributed by atoms with E-state index in [2.05, 4.69) is 10.9 Å².